The zero-order chi connectivity index (χ0) is 17.9. The number of aromatic amines is 1. The molecule has 0 aliphatic carbocycles. The Labute approximate surface area is 140 Å². The van der Waals surface area contributed by atoms with E-state index in [0.717, 1.165) is 0 Å². The predicted molar refractivity (Wildman–Crippen MR) is 83.1 cm³/mol. The molecule has 9 heteroatoms. The summed E-state index contributed by atoms with van der Waals surface area (Å²) in [5.41, 5.74) is 1.25. The maximum Gasteiger partial charge on any atom is 0.422 e. The van der Waals surface area contributed by atoms with Crippen LogP contribution in [0, 0.1) is 0 Å². The fraction of sp³-hybridized carbons (Fsp3) is 0.188. The summed E-state index contributed by atoms with van der Waals surface area (Å²) in [5.74, 6) is -0.630. The van der Waals surface area contributed by atoms with Gasteiger partial charge in [0.05, 0.1) is 5.52 Å². The maximum atomic E-state index is 12.3. The Morgan fingerprint density at radius 1 is 1.20 bits per heavy atom. The molecule has 25 heavy (non-hydrogen) atoms. The zero-order valence-electron chi connectivity index (χ0n) is 12.8. The molecule has 0 saturated heterocycles. The average molecular weight is 350 g/mol. The van der Waals surface area contributed by atoms with E-state index in [1.807, 2.05) is 6.07 Å². The molecular weight excluding hydrogens is 337 g/mol. The lowest BCUT2D eigenvalue weighted by atomic mass is 10.2. The largest absolute Gasteiger partial charge is 0.468 e. The highest BCUT2D eigenvalue weighted by molar-refractivity contribution is 6.04. The normalized spacial score (nSPS) is 11.5. The number of amides is 1. The number of nitrogens with zero attached hydrogens (tertiary/aromatic N) is 2. The van der Waals surface area contributed by atoms with E-state index < -0.39 is 18.7 Å². The maximum absolute atomic E-state index is 12.3. The summed E-state index contributed by atoms with van der Waals surface area (Å²) in [6.07, 6.45) is -3.15. The number of hydrogen-bond donors (Lipinski definition) is 2. The van der Waals surface area contributed by atoms with Gasteiger partial charge >= 0.3 is 6.18 Å². The van der Waals surface area contributed by atoms with E-state index in [9.17, 15) is 18.0 Å². The summed E-state index contributed by atoms with van der Waals surface area (Å²) >= 11 is 0. The SMILES string of the molecule is O=C(NCc1cccnc1OCC(F)(F)F)c1n[nH]c2ccccc12. The highest BCUT2D eigenvalue weighted by Gasteiger charge is 2.29. The molecule has 0 atom stereocenters. The molecule has 1 aromatic carbocycles. The van der Waals surface area contributed by atoms with Gasteiger partial charge < -0.3 is 10.1 Å². The van der Waals surface area contributed by atoms with Crippen molar-refractivity contribution in [2.24, 2.45) is 0 Å². The molecule has 0 aliphatic heterocycles. The number of halogens is 3. The summed E-state index contributed by atoms with van der Waals surface area (Å²) in [6.45, 7) is -1.49. The van der Waals surface area contributed by atoms with Gasteiger partial charge in [0.2, 0.25) is 5.88 Å². The number of H-pyrrole nitrogens is 1. The fourth-order valence-electron chi connectivity index (χ4n) is 2.23. The minimum atomic E-state index is -4.47. The van der Waals surface area contributed by atoms with E-state index in [1.54, 1.807) is 24.3 Å². The van der Waals surface area contributed by atoms with Crippen LogP contribution in [0.25, 0.3) is 10.9 Å². The van der Waals surface area contributed by atoms with E-state index in [1.165, 1.54) is 12.3 Å². The summed E-state index contributed by atoms with van der Waals surface area (Å²) in [5, 5.41) is 9.97. The lowest BCUT2D eigenvalue weighted by molar-refractivity contribution is -0.154. The molecule has 0 radical (unpaired) electrons. The van der Waals surface area contributed by atoms with Gasteiger partial charge in [-0.2, -0.15) is 18.3 Å². The first-order valence-electron chi connectivity index (χ1n) is 7.29. The van der Waals surface area contributed by atoms with Gasteiger partial charge in [-0.3, -0.25) is 9.89 Å². The number of para-hydroxylation sites is 1. The number of aromatic nitrogens is 3. The van der Waals surface area contributed by atoms with Crippen LogP contribution in [0.2, 0.25) is 0 Å². The average Bonchev–Trinajstić information content (AvgIpc) is 3.02. The first-order valence-corrected chi connectivity index (χ1v) is 7.29. The lowest BCUT2D eigenvalue weighted by Crippen LogP contribution is -2.25. The van der Waals surface area contributed by atoms with E-state index in [2.05, 4.69) is 25.2 Å². The molecule has 1 amide bonds. The molecule has 3 rings (SSSR count). The third-order valence-corrected chi connectivity index (χ3v) is 3.35. The van der Waals surface area contributed by atoms with Crippen LogP contribution in [-0.4, -0.2) is 33.9 Å². The Morgan fingerprint density at radius 3 is 2.80 bits per heavy atom. The minimum absolute atomic E-state index is 0.0406. The Hall–Kier alpha value is -3.10. The summed E-state index contributed by atoms with van der Waals surface area (Å²) in [6, 6.07) is 10.2. The Bertz CT molecular complexity index is 892. The van der Waals surface area contributed by atoms with Crippen LogP contribution >= 0.6 is 0 Å². The van der Waals surface area contributed by atoms with Crippen molar-refractivity contribution in [1.29, 1.82) is 0 Å². The minimum Gasteiger partial charge on any atom is -0.468 e. The van der Waals surface area contributed by atoms with Crippen molar-refractivity contribution < 1.29 is 22.7 Å². The van der Waals surface area contributed by atoms with Crippen LogP contribution in [0.1, 0.15) is 16.1 Å². The van der Waals surface area contributed by atoms with E-state index in [-0.39, 0.29) is 18.1 Å². The Morgan fingerprint density at radius 2 is 2.00 bits per heavy atom. The number of nitrogens with one attached hydrogen (secondary N) is 2. The van der Waals surface area contributed by atoms with E-state index >= 15 is 0 Å². The molecule has 6 nitrogen and oxygen atoms in total. The molecule has 2 aromatic heterocycles. The Balaban J connectivity index is 1.70. The van der Waals surface area contributed by atoms with E-state index in [0.29, 0.717) is 16.5 Å². The molecule has 0 fully saturated rings. The standard InChI is InChI=1S/C16H13F3N4O2/c17-16(18,19)9-25-15-10(4-3-7-20-15)8-21-14(24)13-11-5-1-2-6-12(11)22-23-13/h1-7H,8-9H2,(H,21,24)(H,22,23). The van der Waals surface area contributed by atoms with Gasteiger partial charge in [-0.05, 0) is 12.1 Å². The summed E-state index contributed by atoms with van der Waals surface area (Å²) in [4.78, 5) is 16.1. The van der Waals surface area contributed by atoms with Gasteiger partial charge in [0, 0.05) is 23.7 Å². The highest BCUT2D eigenvalue weighted by Crippen LogP contribution is 2.20. The number of hydrogen-bond acceptors (Lipinski definition) is 4. The second-order valence-electron chi connectivity index (χ2n) is 5.17. The molecule has 130 valence electrons. The quantitative estimate of drug-likeness (QED) is 0.742. The van der Waals surface area contributed by atoms with E-state index in [4.69, 9.17) is 0 Å². The van der Waals surface area contributed by atoms with Crippen LogP contribution in [-0.2, 0) is 6.54 Å². The van der Waals surface area contributed by atoms with Gasteiger partial charge in [0.1, 0.15) is 0 Å². The number of ether oxygens (including phenoxy) is 1. The van der Waals surface area contributed by atoms with Gasteiger partial charge in [0.25, 0.3) is 5.91 Å². The third kappa shape index (κ3) is 4.06. The first kappa shape index (κ1) is 16.7. The molecule has 0 spiro atoms. The van der Waals surface area contributed by atoms with Crippen molar-refractivity contribution >= 4 is 16.8 Å². The summed E-state index contributed by atoms with van der Waals surface area (Å²) in [7, 11) is 0. The monoisotopic (exact) mass is 350 g/mol. The van der Waals surface area contributed by atoms with Gasteiger partial charge in [0.15, 0.2) is 12.3 Å². The molecule has 2 heterocycles. The summed E-state index contributed by atoms with van der Waals surface area (Å²) < 4.78 is 41.5. The number of benzene rings is 1. The number of alkyl halides is 3. The predicted octanol–water partition coefficient (Wildman–Crippen LogP) is 2.83. The van der Waals surface area contributed by atoms with Gasteiger partial charge in [-0.25, -0.2) is 4.98 Å². The first-order chi connectivity index (χ1) is 11.9. The van der Waals surface area contributed by atoms with Crippen LogP contribution in [0.15, 0.2) is 42.6 Å². The van der Waals surface area contributed by atoms with Crippen molar-refractivity contribution in [3.63, 3.8) is 0 Å². The number of fused-ring (bicyclic) bond motifs is 1. The van der Waals surface area contributed by atoms with Crippen molar-refractivity contribution in [1.82, 2.24) is 20.5 Å². The molecule has 3 aromatic rings. The molecule has 0 saturated carbocycles. The molecule has 0 bridgehead atoms. The second-order valence-corrected chi connectivity index (χ2v) is 5.17. The van der Waals surface area contributed by atoms with Gasteiger partial charge in [-0.1, -0.05) is 24.3 Å². The number of rotatable bonds is 5. The molecule has 0 unspecified atom stereocenters. The number of pyridine rings is 1. The van der Waals surface area contributed by atoms with Crippen LogP contribution < -0.4 is 10.1 Å². The topological polar surface area (TPSA) is 79.9 Å². The molecule has 2 N–H and O–H groups in total. The van der Waals surface area contributed by atoms with Crippen molar-refractivity contribution in [3.05, 3.63) is 53.9 Å². The van der Waals surface area contributed by atoms with Gasteiger partial charge in [-0.15, -0.1) is 0 Å². The Kier molecular flexibility index (Phi) is 4.55. The highest BCUT2D eigenvalue weighted by atomic mass is 19.4. The van der Waals surface area contributed by atoms with Crippen molar-refractivity contribution in [3.8, 4) is 5.88 Å². The number of carbonyl (C=O) groups excluding carboxylic acids is 1. The molecular formula is C16H13F3N4O2. The number of carbonyl (C=O) groups is 1. The van der Waals surface area contributed by atoms with Crippen molar-refractivity contribution in [2.45, 2.75) is 12.7 Å². The lowest BCUT2D eigenvalue weighted by Gasteiger charge is -2.12. The molecule has 0 aliphatic rings. The van der Waals surface area contributed by atoms with Crippen molar-refractivity contribution in [2.75, 3.05) is 6.61 Å². The van der Waals surface area contributed by atoms with Crippen LogP contribution in [0.3, 0.4) is 0 Å². The fourth-order valence-corrected chi connectivity index (χ4v) is 2.23. The van der Waals surface area contributed by atoms with Crippen LogP contribution in [0.4, 0.5) is 13.2 Å². The zero-order valence-corrected chi connectivity index (χ0v) is 12.8. The smallest absolute Gasteiger partial charge is 0.422 e. The third-order valence-electron chi connectivity index (χ3n) is 3.35. The second kappa shape index (κ2) is 6.80. The van der Waals surface area contributed by atoms with Crippen LogP contribution in [0.5, 0.6) is 5.88 Å².